The first kappa shape index (κ1) is 16.0. The summed E-state index contributed by atoms with van der Waals surface area (Å²) in [5.41, 5.74) is 7.81. The maximum Gasteiger partial charge on any atom is 0.146 e. The Morgan fingerprint density at radius 1 is 1.26 bits per heavy atom. The molecule has 0 radical (unpaired) electrons. The van der Waals surface area contributed by atoms with Crippen LogP contribution in [0.4, 0.5) is 10.1 Å². The Balaban J connectivity index is 3.00. The molecule has 0 spiro atoms. The Labute approximate surface area is 116 Å². The summed E-state index contributed by atoms with van der Waals surface area (Å²) in [5, 5.41) is 0. The van der Waals surface area contributed by atoms with Crippen LogP contribution in [0.1, 0.15) is 45.6 Å². The Morgan fingerprint density at radius 3 is 2.58 bits per heavy atom. The number of hydrogen-bond acceptors (Lipinski definition) is 2. The SMILES string of the molecule is CCCCN(CC)c1c(F)cccc1CC(N)CC. The normalized spacial score (nSPS) is 12.5. The minimum atomic E-state index is -0.126. The summed E-state index contributed by atoms with van der Waals surface area (Å²) in [6, 6.07) is 5.43. The molecular formula is C16H27FN2. The molecule has 1 aromatic rings. The number of unbranched alkanes of at least 4 members (excludes halogenated alkanes) is 1. The molecule has 2 N–H and O–H groups in total. The van der Waals surface area contributed by atoms with Crippen LogP contribution in [0, 0.1) is 5.82 Å². The van der Waals surface area contributed by atoms with Gasteiger partial charge in [-0.1, -0.05) is 32.4 Å². The van der Waals surface area contributed by atoms with Crippen molar-refractivity contribution in [1.29, 1.82) is 0 Å². The van der Waals surface area contributed by atoms with Crippen LogP contribution in [0.2, 0.25) is 0 Å². The summed E-state index contributed by atoms with van der Waals surface area (Å²) >= 11 is 0. The fraction of sp³-hybridized carbons (Fsp3) is 0.625. The van der Waals surface area contributed by atoms with E-state index in [1.54, 1.807) is 12.1 Å². The molecule has 2 nitrogen and oxygen atoms in total. The predicted octanol–water partition coefficient (Wildman–Crippen LogP) is 3.73. The van der Waals surface area contributed by atoms with Gasteiger partial charge in [-0.05, 0) is 37.8 Å². The quantitative estimate of drug-likeness (QED) is 0.777. The van der Waals surface area contributed by atoms with Gasteiger partial charge in [0.05, 0.1) is 5.69 Å². The molecule has 0 saturated carbocycles. The van der Waals surface area contributed by atoms with Crippen molar-refractivity contribution < 1.29 is 4.39 Å². The molecule has 0 heterocycles. The lowest BCUT2D eigenvalue weighted by Gasteiger charge is -2.27. The van der Waals surface area contributed by atoms with Crippen LogP contribution in [0.15, 0.2) is 18.2 Å². The molecule has 0 saturated heterocycles. The summed E-state index contributed by atoms with van der Waals surface area (Å²) in [5.74, 6) is -0.126. The molecule has 3 heteroatoms. The van der Waals surface area contributed by atoms with E-state index in [0.717, 1.165) is 50.0 Å². The highest BCUT2D eigenvalue weighted by Gasteiger charge is 2.16. The molecule has 0 aliphatic carbocycles. The first-order valence-corrected chi connectivity index (χ1v) is 7.41. The molecule has 19 heavy (non-hydrogen) atoms. The standard InChI is InChI=1S/C16H27FN2/c1-4-7-11-19(6-3)16-13(12-14(18)5-2)9-8-10-15(16)17/h8-10,14H,4-7,11-12,18H2,1-3H3. The Bertz CT molecular complexity index is 379. The van der Waals surface area contributed by atoms with Crippen molar-refractivity contribution in [1.82, 2.24) is 0 Å². The van der Waals surface area contributed by atoms with Crippen LogP contribution >= 0.6 is 0 Å². The average molecular weight is 266 g/mol. The second-order valence-corrected chi connectivity index (χ2v) is 5.05. The van der Waals surface area contributed by atoms with Crippen molar-refractivity contribution in [3.8, 4) is 0 Å². The number of halogens is 1. The van der Waals surface area contributed by atoms with Gasteiger partial charge >= 0.3 is 0 Å². The van der Waals surface area contributed by atoms with Crippen molar-refractivity contribution in [2.75, 3.05) is 18.0 Å². The molecule has 1 rings (SSSR count). The molecule has 0 fully saturated rings. The summed E-state index contributed by atoms with van der Waals surface area (Å²) in [6.45, 7) is 8.03. The van der Waals surface area contributed by atoms with Crippen LogP contribution in [0.5, 0.6) is 0 Å². The van der Waals surface area contributed by atoms with Gasteiger partial charge in [-0.15, -0.1) is 0 Å². The van der Waals surface area contributed by atoms with E-state index in [-0.39, 0.29) is 11.9 Å². The van der Waals surface area contributed by atoms with E-state index < -0.39 is 0 Å². The number of nitrogens with zero attached hydrogens (tertiary/aromatic N) is 1. The van der Waals surface area contributed by atoms with Gasteiger partial charge in [0.2, 0.25) is 0 Å². The fourth-order valence-corrected chi connectivity index (χ4v) is 2.28. The molecule has 108 valence electrons. The van der Waals surface area contributed by atoms with E-state index in [0.29, 0.717) is 0 Å². The summed E-state index contributed by atoms with van der Waals surface area (Å²) in [6.07, 6.45) is 3.86. The highest BCUT2D eigenvalue weighted by atomic mass is 19.1. The molecule has 1 atom stereocenters. The molecule has 0 bridgehead atoms. The van der Waals surface area contributed by atoms with Gasteiger partial charge < -0.3 is 10.6 Å². The molecule has 0 aliphatic rings. The molecule has 0 aliphatic heterocycles. The van der Waals surface area contributed by atoms with E-state index in [1.807, 2.05) is 6.07 Å². The zero-order chi connectivity index (χ0) is 14.3. The summed E-state index contributed by atoms with van der Waals surface area (Å²) < 4.78 is 14.2. The Morgan fingerprint density at radius 2 is 2.00 bits per heavy atom. The van der Waals surface area contributed by atoms with E-state index in [1.165, 1.54) is 0 Å². The molecule has 0 aromatic heterocycles. The van der Waals surface area contributed by atoms with Crippen LogP contribution in [0.3, 0.4) is 0 Å². The van der Waals surface area contributed by atoms with Gasteiger partial charge in [0.25, 0.3) is 0 Å². The van der Waals surface area contributed by atoms with Crippen LogP contribution in [-0.2, 0) is 6.42 Å². The van der Waals surface area contributed by atoms with E-state index >= 15 is 0 Å². The third-order valence-electron chi connectivity index (χ3n) is 3.56. The van der Waals surface area contributed by atoms with Crippen LogP contribution in [-0.4, -0.2) is 19.1 Å². The van der Waals surface area contributed by atoms with Gasteiger partial charge in [0.1, 0.15) is 5.82 Å². The third kappa shape index (κ3) is 4.50. The average Bonchev–Trinajstić information content (AvgIpc) is 2.41. The second-order valence-electron chi connectivity index (χ2n) is 5.05. The minimum absolute atomic E-state index is 0.102. The van der Waals surface area contributed by atoms with Gasteiger partial charge in [0, 0.05) is 19.1 Å². The fourth-order valence-electron chi connectivity index (χ4n) is 2.28. The third-order valence-corrected chi connectivity index (χ3v) is 3.56. The summed E-state index contributed by atoms with van der Waals surface area (Å²) in [4.78, 5) is 2.14. The number of benzene rings is 1. The first-order valence-electron chi connectivity index (χ1n) is 7.41. The van der Waals surface area contributed by atoms with Crippen LogP contribution in [0.25, 0.3) is 0 Å². The van der Waals surface area contributed by atoms with Crippen molar-refractivity contribution in [3.05, 3.63) is 29.6 Å². The first-order chi connectivity index (χ1) is 9.13. The highest BCUT2D eigenvalue weighted by Crippen LogP contribution is 2.26. The molecule has 1 unspecified atom stereocenters. The lowest BCUT2D eigenvalue weighted by atomic mass is 10.0. The zero-order valence-corrected chi connectivity index (χ0v) is 12.5. The van der Waals surface area contributed by atoms with Gasteiger partial charge in [-0.25, -0.2) is 4.39 Å². The maximum absolute atomic E-state index is 14.2. The van der Waals surface area contributed by atoms with Crippen molar-refractivity contribution in [2.24, 2.45) is 5.73 Å². The topological polar surface area (TPSA) is 29.3 Å². The molecule has 0 amide bonds. The van der Waals surface area contributed by atoms with Crippen molar-refractivity contribution >= 4 is 5.69 Å². The van der Waals surface area contributed by atoms with E-state index in [4.69, 9.17) is 5.73 Å². The number of rotatable bonds is 8. The summed E-state index contributed by atoms with van der Waals surface area (Å²) in [7, 11) is 0. The van der Waals surface area contributed by atoms with E-state index in [2.05, 4.69) is 25.7 Å². The lowest BCUT2D eigenvalue weighted by molar-refractivity contribution is 0.601. The van der Waals surface area contributed by atoms with E-state index in [9.17, 15) is 4.39 Å². The van der Waals surface area contributed by atoms with Gasteiger partial charge in [-0.3, -0.25) is 0 Å². The van der Waals surface area contributed by atoms with Crippen LogP contribution < -0.4 is 10.6 Å². The largest absolute Gasteiger partial charge is 0.369 e. The van der Waals surface area contributed by atoms with Gasteiger partial charge in [-0.2, -0.15) is 0 Å². The maximum atomic E-state index is 14.2. The van der Waals surface area contributed by atoms with Crippen molar-refractivity contribution in [2.45, 2.75) is 52.5 Å². The highest BCUT2D eigenvalue weighted by molar-refractivity contribution is 5.55. The number of anilines is 1. The minimum Gasteiger partial charge on any atom is -0.369 e. The van der Waals surface area contributed by atoms with Gasteiger partial charge in [0.15, 0.2) is 0 Å². The second kappa shape index (κ2) is 8.16. The van der Waals surface area contributed by atoms with Crippen molar-refractivity contribution in [3.63, 3.8) is 0 Å². The Hall–Kier alpha value is -1.09. The monoisotopic (exact) mass is 266 g/mol. The Kier molecular flexibility index (Phi) is 6.85. The number of para-hydroxylation sites is 1. The predicted molar refractivity (Wildman–Crippen MR) is 81.2 cm³/mol. The smallest absolute Gasteiger partial charge is 0.146 e. The molecular weight excluding hydrogens is 239 g/mol. The number of nitrogens with two attached hydrogens (primary N) is 1. The number of hydrogen-bond donors (Lipinski definition) is 1. The zero-order valence-electron chi connectivity index (χ0n) is 12.5. The molecule has 1 aromatic carbocycles. The lowest BCUT2D eigenvalue weighted by Crippen LogP contribution is -2.28.